The molecule has 112 valence electrons. The van der Waals surface area contributed by atoms with Gasteiger partial charge in [-0.3, -0.25) is 9.69 Å². The molecule has 0 aromatic carbocycles. The SMILES string of the molecule is O=C(O)C1CCCCN1CCCCCC(S)CCS. The molecule has 3 nitrogen and oxygen atoms in total. The Hall–Kier alpha value is 0.130. The molecule has 1 fully saturated rings. The summed E-state index contributed by atoms with van der Waals surface area (Å²) in [5.74, 6) is 0.256. The van der Waals surface area contributed by atoms with Gasteiger partial charge in [0.1, 0.15) is 6.04 Å². The molecule has 0 radical (unpaired) electrons. The van der Waals surface area contributed by atoms with Gasteiger partial charge in [0.05, 0.1) is 0 Å². The molecule has 2 unspecified atom stereocenters. The van der Waals surface area contributed by atoms with Crippen LogP contribution in [-0.2, 0) is 4.79 Å². The van der Waals surface area contributed by atoms with Crippen molar-refractivity contribution in [3.05, 3.63) is 0 Å². The number of rotatable bonds is 9. The fraction of sp³-hybridized carbons (Fsp3) is 0.929. The summed E-state index contributed by atoms with van der Waals surface area (Å²) in [6, 6.07) is -0.240. The summed E-state index contributed by atoms with van der Waals surface area (Å²) >= 11 is 8.73. The fourth-order valence-corrected chi connectivity index (χ4v) is 3.53. The molecule has 0 saturated carbocycles. The van der Waals surface area contributed by atoms with Crippen LogP contribution in [0.5, 0.6) is 0 Å². The quantitative estimate of drug-likeness (QED) is 0.453. The van der Waals surface area contributed by atoms with Gasteiger partial charge in [-0.1, -0.05) is 19.3 Å². The van der Waals surface area contributed by atoms with Crippen molar-refractivity contribution in [2.75, 3.05) is 18.8 Å². The standard InChI is InChI=1S/C14H27NO2S2/c16-14(17)13-7-3-5-10-15(13)9-4-1-2-6-12(19)8-11-18/h12-13,18-19H,1-11H2,(H,16,17). The van der Waals surface area contributed by atoms with Gasteiger partial charge in [0.25, 0.3) is 0 Å². The third kappa shape index (κ3) is 6.91. The van der Waals surface area contributed by atoms with E-state index in [1.807, 2.05) is 0 Å². The Kier molecular flexibility index (Phi) is 8.99. The normalized spacial score (nSPS) is 22.3. The number of unbranched alkanes of at least 4 members (excludes halogenated alkanes) is 2. The summed E-state index contributed by atoms with van der Waals surface area (Å²) in [6.07, 6.45) is 8.69. The monoisotopic (exact) mass is 305 g/mol. The first-order valence-electron chi connectivity index (χ1n) is 7.41. The average Bonchev–Trinajstić information content (AvgIpc) is 2.39. The summed E-state index contributed by atoms with van der Waals surface area (Å²) in [5, 5.41) is 9.66. The van der Waals surface area contributed by atoms with Crippen LogP contribution in [0.3, 0.4) is 0 Å². The highest BCUT2D eigenvalue weighted by molar-refractivity contribution is 7.81. The predicted molar refractivity (Wildman–Crippen MR) is 86.6 cm³/mol. The fourth-order valence-electron chi connectivity index (χ4n) is 2.70. The zero-order valence-corrected chi connectivity index (χ0v) is 13.4. The first-order valence-corrected chi connectivity index (χ1v) is 8.56. The van der Waals surface area contributed by atoms with Crippen molar-refractivity contribution in [3.63, 3.8) is 0 Å². The van der Waals surface area contributed by atoms with E-state index in [2.05, 4.69) is 30.2 Å². The molecular formula is C14H27NO2S2. The Morgan fingerprint density at radius 2 is 2.05 bits per heavy atom. The third-order valence-corrected chi connectivity index (χ3v) is 4.62. The number of hydrogen-bond acceptors (Lipinski definition) is 4. The van der Waals surface area contributed by atoms with Crippen molar-refractivity contribution in [2.24, 2.45) is 0 Å². The van der Waals surface area contributed by atoms with Crippen molar-refractivity contribution in [1.82, 2.24) is 4.90 Å². The molecule has 19 heavy (non-hydrogen) atoms. The maximum atomic E-state index is 11.2. The predicted octanol–water partition coefficient (Wildman–Crippen LogP) is 3.10. The summed E-state index contributed by atoms with van der Waals surface area (Å²) in [5.41, 5.74) is 0. The number of carboxylic acid groups (broad SMARTS) is 1. The lowest BCUT2D eigenvalue weighted by Gasteiger charge is -2.32. The van der Waals surface area contributed by atoms with Gasteiger partial charge in [-0.2, -0.15) is 25.3 Å². The van der Waals surface area contributed by atoms with Crippen LogP contribution < -0.4 is 0 Å². The Bertz CT molecular complexity index is 264. The van der Waals surface area contributed by atoms with Crippen LogP contribution >= 0.6 is 25.3 Å². The zero-order chi connectivity index (χ0) is 14.1. The van der Waals surface area contributed by atoms with Crippen molar-refractivity contribution >= 4 is 31.2 Å². The van der Waals surface area contributed by atoms with Gasteiger partial charge >= 0.3 is 5.97 Å². The molecule has 1 rings (SSSR count). The summed E-state index contributed by atoms with van der Waals surface area (Å²) in [7, 11) is 0. The van der Waals surface area contributed by atoms with E-state index in [1.54, 1.807) is 0 Å². The van der Waals surface area contributed by atoms with E-state index in [9.17, 15) is 9.90 Å². The van der Waals surface area contributed by atoms with E-state index < -0.39 is 5.97 Å². The van der Waals surface area contributed by atoms with Crippen molar-refractivity contribution in [3.8, 4) is 0 Å². The lowest BCUT2D eigenvalue weighted by molar-refractivity contribution is -0.144. The van der Waals surface area contributed by atoms with Crippen LogP contribution in [-0.4, -0.2) is 46.1 Å². The molecule has 0 aliphatic carbocycles. The third-order valence-electron chi connectivity index (χ3n) is 3.84. The molecule has 0 bridgehead atoms. The Morgan fingerprint density at radius 1 is 1.26 bits per heavy atom. The number of hydrogen-bond donors (Lipinski definition) is 3. The Balaban J connectivity index is 2.12. The molecule has 0 amide bonds. The summed E-state index contributed by atoms with van der Waals surface area (Å²) in [6.45, 7) is 1.88. The zero-order valence-electron chi connectivity index (χ0n) is 11.6. The first kappa shape index (κ1) is 17.2. The van der Waals surface area contributed by atoms with E-state index >= 15 is 0 Å². The number of likely N-dealkylation sites (tertiary alicyclic amines) is 1. The average molecular weight is 306 g/mol. The lowest BCUT2D eigenvalue weighted by Crippen LogP contribution is -2.44. The number of carboxylic acids is 1. The molecule has 1 heterocycles. The largest absolute Gasteiger partial charge is 0.480 e. The van der Waals surface area contributed by atoms with Crippen LogP contribution in [0.4, 0.5) is 0 Å². The van der Waals surface area contributed by atoms with E-state index in [1.165, 1.54) is 12.8 Å². The molecule has 5 heteroatoms. The van der Waals surface area contributed by atoms with Crippen LogP contribution in [0.2, 0.25) is 0 Å². The van der Waals surface area contributed by atoms with Gasteiger partial charge < -0.3 is 5.11 Å². The topological polar surface area (TPSA) is 40.5 Å². The van der Waals surface area contributed by atoms with Crippen molar-refractivity contribution in [2.45, 2.75) is 62.7 Å². The molecule has 1 saturated heterocycles. The van der Waals surface area contributed by atoms with E-state index in [-0.39, 0.29) is 6.04 Å². The molecule has 1 aliphatic heterocycles. The van der Waals surface area contributed by atoms with E-state index in [0.717, 1.165) is 57.4 Å². The minimum Gasteiger partial charge on any atom is -0.480 e. The smallest absolute Gasteiger partial charge is 0.320 e. The van der Waals surface area contributed by atoms with Crippen LogP contribution in [0.15, 0.2) is 0 Å². The van der Waals surface area contributed by atoms with Gasteiger partial charge in [0.2, 0.25) is 0 Å². The van der Waals surface area contributed by atoms with E-state index in [4.69, 9.17) is 0 Å². The Morgan fingerprint density at radius 3 is 2.74 bits per heavy atom. The molecule has 1 aliphatic rings. The number of thiol groups is 2. The van der Waals surface area contributed by atoms with Gasteiger partial charge in [-0.25, -0.2) is 0 Å². The number of nitrogens with zero attached hydrogens (tertiary/aromatic N) is 1. The lowest BCUT2D eigenvalue weighted by atomic mass is 10.0. The molecule has 1 N–H and O–H groups in total. The van der Waals surface area contributed by atoms with Crippen molar-refractivity contribution in [1.29, 1.82) is 0 Å². The van der Waals surface area contributed by atoms with Crippen LogP contribution in [0.25, 0.3) is 0 Å². The molecule has 0 aromatic heterocycles. The van der Waals surface area contributed by atoms with Gasteiger partial charge in [-0.05, 0) is 50.9 Å². The highest BCUT2D eigenvalue weighted by Gasteiger charge is 2.27. The maximum absolute atomic E-state index is 11.2. The second kappa shape index (κ2) is 9.94. The Labute approximate surface area is 128 Å². The second-order valence-electron chi connectivity index (χ2n) is 5.40. The maximum Gasteiger partial charge on any atom is 0.320 e. The van der Waals surface area contributed by atoms with Gasteiger partial charge in [-0.15, -0.1) is 0 Å². The highest BCUT2D eigenvalue weighted by atomic mass is 32.1. The summed E-state index contributed by atoms with van der Waals surface area (Å²) in [4.78, 5) is 13.3. The number of aliphatic carboxylic acids is 1. The van der Waals surface area contributed by atoms with Gasteiger partial charge in [0, 0.05) is 5.25 Å². The van der Waals surface area contributed by atoms with E-state index in [0.29, 0.717) is 5.25 Å². The van der Waals surface area contributed by atoms with Crippen molar-refractivity contribution < 1.29 is 9.90 Å². The molecule has 0 spiro atoms. The summed E-state index contributed by atoms with van der Waals surface area (Å²) < 4.78 is 0. The van der Waals surface area contributed by atoms with Crippen LogP contribution in [0, 0.1) is 0 Å². The van der Waals surface area contributed by atoms with Crippen LogP contribution in [0.1, 0.15) is 51.4 Å². The van der Waals surface area contributed by atoms with Gasteiger partial charge in [0.15, 0.2) is 0 Å². The minimum absolute atomic E-state index is 0.240. The first-order chi connectivity index (χ1) is 9.15. The molecule has 0 aromatic rings. The molecular weight excluding hydrogens is 278 g/mol. The number of carbonyl (C=O) groups is 1. The molecule has 2 atom stereocenters. The second-order valence-corrected chi connectivity index (χ2v) is 6.58. The number of piperidine rings is 1. The minimum atomic E-state index is -0.649. The highest BCUT2D eigenvalue weighted by Crippen LogP contribution is 2.19.